The van der Waals surface area contributed by atoms with Crippen molar-refractivity contribution in [3.63, 3.8) is 0 Å². The minimum Gasteiger partial charge on any atom is -0.481 e. The Kier molecular flexibility index (Phi) is 4.70. The average Bonchev–Trinajstić information content (AvgIpc) is 2.45. The molecule has 2 aliphatic rings. The third-order valence-electron chi connectivity index (χ3n) is 6.21. The van der Waals surface area contributed by atoms with Gasteiger partial charge in [0.25, 0.3) is 0 Å². The molecule has 0 aromatic carbocycles. The lowest BCUT2D eigenvalue weighted by atomic mass is 9.51. The summed E-state index contributed by atoms with van der Waals surface area (Å²) >= 11 is 0. The van der Waals surface area contributed by atoms with Crippen LogP contribution in [0, 0.1) is 28.6 Å². The Morgan fingerprint density at radius 1 is 1.50 bits per heavy atom. The molecule has 1 unspecified atom stereocenters. The monoisotopic (exact) mass is 302 g/mol. The van der Waals surface area contributed by atoms with Crippen LogP contribution in [0.3, 0.4) is 0 Å². The Balaban J connectivity index is 2.35. The number of carboxylic acids is 1. The molecule has 0 aromatic heterocycles. The SMILES string of the molecule is C=C1C=C[C@H]2C(C)(C(=O)O)CC=C[C@]2(C)[C@H]1CC[C@H](C)CC. The molecule has 0 aliphatic heterocycles. The van der Waals surface area contributed by atoms with E-state index in [1.54, 1.807) is 0 Å². The maximum Gasteiger partial charge on any atom is 0.310 e. The first-order valence-corrected chi connectivity index (χ1v) is 8.53. The number of allylic oxidation sites excluding steroid dienone is 5. The van der Waals surface area contributed by atoms with E-state index < -0.39 is 11.4 Å². The largest absolute Gasteiger partial charge is 0.481 e. The van der Waals surface area contributed by atoms with Gasteiger partial charge in [-0.2, -0.15) is 0 Å². The molecule has 0 radical (unpaired) electrons. The van der Waals surface area contributed by atoms with Gasteiger partial charge in [0.2, 0.25) is 0 Å². The van der Waals surface area contributed by atoms with Crippen molar-refractivity contribution < 1.29 is 9.90 Å². The summed E-state index contributed by atoms with van der Waals surface area (Å²) in [5.74, 6) is 0.395. The fraction of sp³-hybridized carbons (Fsp3) is 0.650. The summed E-state index contributed by atoms with van der Waals surface area (Å²) in [6.07, 6.45) is 12.6. The first kappa shape index (κ1) is 17.1. The van der Waals surface area contributed by atoms with Crippen LogP contribution in [0.2, 0.25) is 0 Å². The van der Waals surface area contributed by atoms with E-state index in [2.05, 4.69) is 51.7 Å². The minimum atomic E-state index is -0.713. The molecule has 22 heavy (non-hydrogen) atoms. The summed E-state index contributed by atoms with van der Waals surface area (Å²) in [4.78, 5) is 11.9. The lowest BCUT2D eigenvalue weighted by molar-refractivity contribution is -0.153. The molecule has 2 aliphatic carbocycles. The fourth-order valence-electron chi connectivity index (χ4n) is 4.33. The standard InChI is InChI=1S/C20H30O2/c1-6-14(2)8-10-16-15(3)9-11-17-19(16,4)12-7-13-20(17,5)18(21)22/h7,9,11-12,14,16-17H,3,6,8,10,13H2,1-2,4-5H3,(H,21,22)/t14-,16+,17-,19-,20?/m1/s1. The number of carbonyl (C=O) groups is 1. The van der Waals surface area contributed by atoms with E-state index in [9.17, 15) is 9.90 Å². The third-order valence-corrected chi connectivity index (χ3v) is 6.21. The molecule has 0 aromatic rings. The third kappa shape index (κ3) is 2.68. The highest BCUT2D eigenvalue weighted by Gasteiger charge is 2.54. The van der Waals surface area contributed by atoms with Gasteiger partial charge in [-0.05, 0) is 37.0 Å². The summed E-state index contributed by atoms with van der Waals surface area (Å²) in [5.41, 5.74) is 0.307. The summed E-state index contributed by atoms with van der Waals surface area (Å²) in [6, 6.07) is 0. The molecule has 0 saturated carbocycles. The van der Waals surface area contributed by atoms with Crippen LogP contribution in [0.4, 0.5) is 0 Å². The predicted molar refractivity (Wildman–Crippen MR) is 91.6 cm³/mol. The molecule has 0 fully saturated rings. The first-order chi connectivity index (χ1) is 10.3. The molecular weight excluding hydrogens is 272 g/mol. The van der Waals surface area contributed by atoms with Crippen LogP contribution >= 0.6 is 0 Å². The van der Waals surface area contributed by atoms with Crippen LogP contribution in [0.25, 0.3) is 0 Å². The molecule has 122 valence electrons. The van der Waals surface area contributed by atoms with Gasteiger partial charge in [0.15, 0.2) is 0 Å². The molecule has 2 rings (SSSR count). The number of aliphatic carboxylic acids is 1. The number of hydrogen-bond donors (Lipinski definition) is 1. The lowest BCUT2D eigenvalue weighted by Gasteiger charge is -2.52. The highest BCUT2D eigenvalue weighted by molar-refractivity contribution is 5.76. The normalized spacial score (nSPS) is 38.6. The van der Waals surface area contributed by atoms with Crippen LogP contribution in [-0.4, -0.2) is 11.1 Å². The zero-order chi connectivity index (χ0) is 16.5. The van der Waals surface area contributed by atoms with Gasteiger partial charge in [-0.3, -0.25) is 4.79 Å². The number of rotatable bonds is 5. The maximum atomic E-state index is 11.9. The van der Waals surface area contributed by atoms with E-state index in [0.717, 1.165) is 12.0 Å². The Hall–Kier alpha value is -1.31. The van der Waals surface area contributed by atoms with Gasteiger partial charge in [0.05, 0.1) is 5.41 Å². The zero-order valence-electron chi connectivity index (χ0n) is 14.4. The highest BCUT2D eigenvalue weighted by Crippen LogP contribution is 2.57. The Morgan fingerprint density at radius 2 is 2.18 bits per heavy atom. The van der Waals surface area contributed by atoms with Crippen molar-refractivity contribution in [3.05, 3.63) is 36.5 Å². The van der Waals surface area contributed by atoms with Crippen molar-refractivity contribution in [2.24, 2.45) is 28.6 Å². The molecule has 2 heteroatoms. The van der Waals surface area contributed by atoms with Gasteiger partial charge in [0, 0.05) is 5.92 Å². The maximum absolute atomic E-state index is 11.9. The quantitative estimate of drug-likeness (QED) is 0.706. The molecule has 0 amide bonds. The van der Waals surface area contributed by atoms with Gasteiger partial charge in [-0.15, -0.1) is 0 Å². The number of hydrogen-bond acceptors (Lipinski definition) is 1. The minimum absolute atomic E-state index is 0.0370. The second-order valence-corrected chi connectivity index (χ2v) is 7.75. The molecule has 0 bridgehead atoms. The average molecular weight is 302 g/mol. The van der Waals surface area contributed by atoms with E-state index in [4.69, 9.17) is 0 Å². The highest BCUT2D eigenvalue weighted by atomic mass is 16.4. The van der Waals surface area contributed by atoms with Crippen molar-refractivity contribution in [3.8, 4) is 0 Å². The van der Waals surface area contributed by atoms with Crippen LogP contribution in [-0.2, 0) is 4.79 Å². The summed E-state index contributed by atoms with van der Waals surface area (Å²) in [5, 5.41) is 9.77. The molecule has 1 N–H and O–H groups in total. The Labute approximate surface area is 135 Å². The van der Waals surface area contributed by atoms with E-state index in [0.29, 0.717) is 18.3 Å². The fourth-order valence-corrected chi connectivity index (χ4v) is 4.33. The Bertz CT molecular complexity index is 516. The summed E-state index contributed by atoms with van der Waals surface area (Å²) in [6.45, 7) is 12.9. The summed E-state index contributed by atoms with van der Waals surface area (Å²) < 4.78 is 0. The van der Waals surface area contributed by atoms with Gasteiger partial charge in [0.1, 0.15) is 0 Å². The van der Waals surface area contributed by atoms with Crippen molar-refractivity contribution in [2.45, 2.75) is 53.4 Å². The smallest absolute Gasteiger partial charge is 0.310 e. The van der Waals surface area contributed by atoms with Crippen molar-refractivity contribution in [1.29, 1.82) is 0 Å². The first-order valence-electron chi connectivity index (χ1n) is 8.53. The van der Waals surface area contributed by atoms with E-state index >= 15 is 0 Å². The van der Waals surface area contributed by atoms with Gasteiger partial charge >= 0.3 is 5.97 Å². The van der Waals surface area contributed by atoms with Crippen molar-refractivity contribution in [2.75, 3.05) is 0 Å². The van der Waals surface area contributed by atoms with Crippen LogP contribution in [0.1, 0.15) is 53.4 Å². The Morgan fingerprint density at radius 3 is 2.77 bits per heavy atom. The molecule has 0 saturated heterocycles. The zero-order valence-corrected chi connectivity index (χ0v) is 14.4. The van der Waals surface area contributed by atoms with Gasteiger partial charge in [-0.1, -0.05) is 70.1 Å². The van der Waals surface area contributed by atoms with Crippen molar-refractivity contribution in [1.82, 2.24) is 0 Å². The van der Waals surface area contributed by atoms with Gasteiger partial charge in [-0.25, -0.2) is 0 Å². The molecular formula is C20H30O2. The molecule has 0 heterocycles. The van der Waals surface area contributed by atoms with Crippen LogP contribution in [0.15, 0.2) is 36.5 Å². The van der Waals surface area contributed by atoms with Crippen molar-refractivity contribution >= 4 is 5.97 Å². The topological polar surface area (TPSA) is 37.3 Å². The predicted octanol–water partition coefficient (Wildman–Crippen LogP) is 5.23. The van der Waals surface area contributed by atoms with Crippen LogP contribution in [0.5, 0.6) is 0 Å². The van der Waals surface area contributed by atoms with E-state index in [-0.39, 0.29) is 11.3 Å². The molecule has 0 spiro atoms. The summed E-state index contributed by atoms with van der Waals surface area (Å²) in [7, 11) is 0. The second kappa shape index (κ2) is 6.06. The van der Waals surface area contributed by atoms with E-state index in [1.165, 1.54) is 12.8 Å². The number of fused-ring (bicyclic) bond motifs is 1. The van der Waals surface area contributed by atoms with Crippen LogP contribution < -0.4 is 0 Å². The van der Waals surface area contributed by atoms with Gasteiger partial charge < -0.3 is 5.11 Å². The van der Waals surface area contributed by atoms with E-state index in [1.807, 2.05) is 6.92 Å². The molecule has 5 atom stereocenters. The number of carboxylic acid groups (broad SMARTS) is 1. The lowest BCUT2D eigenvalue weighted by Crippen LogP contribution is -2.49. The molecule has 2 nitrogen and oxygen atoms in total. The second-order valence-electron chi connectivity index (χ2n) is 7.75.